The van der Waals surface area contributed by atoms with Crippen molar-refractivity contribution < 1.29 is 8.94 Å². The summed E-state index contributed by atoms with van der Waals surface area (Å²) in [6, 6.07) is 0. The van der Waals surface area contributed by atoms with Gasteiger partial charge >= 0.3 is 0 Å². The number of nitrogens with zero attached hydrogens (tertiary/aromatic N) is 3. The van der Waals surface area contributed by atoms with Gasteiger partial charge in [0.05, 0.1) is 0 Å². The molecule has 6 nitrogen and oxygen atoms in total. The molecule has 0 aliphatic heterocycles. The molecule has 0 fully saturated rings. The lowest BCUT2D eigenvalue weighted by Gasteiger charge is -1.86. The topological polar surface area (TPSA) is 91.0 Å². The fraction of sp³-hybridized carbons (Fsp3) is 0.444. The third kappa shape index (κ3) is 1.89. The highest BCUT2D eigenvalue weighted by atomic mass is 16.5. The van der Waals surface area contributed by atoms with Gasteiger partial charge in [-0.3, -0.25) is 0 Å². The van der Waals surface area contributed by atoms with Gasteiger partial charge in [-0.2, -0.15) is 4.98 Å². The SMILES string of the molecule is Cc1nc(-c2noc(CCN)n2)c(C)o1. The molecule has 0 unspecified atom stereocenters. The van der Waals surface area contributed by atoms with Crippen LogP contribution < -0.4 is 5.73 Å². The smallest absolute Gasteiger partial charge is 0.228 e. The van der Waals surface area contributed by atoms with Crippen LogP contribution in [0.25, 0.3) is 11.5 Å². The second kappa shape index (κ2) is 3.82. The Morgan fingerprint density at radius 3 is 2.67 bits per heavy atom. The van der Waals surface area contributed by atoms with Gasteiger partial charge in [0, 0.05) is 19.9 Å². The second-order valence-electron chi connectivity index (χ2n) is 3.19. The second-order valence-corrected chi connectivity index (χ2v) is 3.19. The van der Waals surface area contributed by atoms with Crippen molar-refractivity contribution in [2.45, 2.75) is 20.3 Å². The Morgan fingerprint density at radius 2 is 2.07 bits per heavy atom. The maximum absolute atomic E-state index is 5.38. The molecule has 0 amide bonds. The van der Waals surface area contributed by atoms with E-state index in [9.17, 15) is 0 Å². The largest absolute Gasteiger partial charge is 0.446 e. The number of oxazole rings is 1. The van der Waals surface area contributed by atoms with Gasteiger partial charge in [0.25, 0.3) is 0 Å². The van der Waals surface area contributed by atoms with Gasteiger partial charge in [0.15, 0.2) is 11.6 Å². The third-order valence-electron chi connectivity index (χ3n) is 1.94. The van der Waals surface area contributed by atoms with E-state index in [4.69, 9.17) is 14.7 Å². The molecular formula is C9H12N4O2. The minimum Gasteiger partial charge on any atom is -0.446 e. The van der Waals surface area contributed by atoms with E-state index in [1.54, 1.807) is 6.92 Å². The molecule has 0 saturated heterocycles. The number of aromatic nitrogens is 3. The molecule has 2 aromatic rings. The summed E-state index contributed by atoms with van der Waals surface area (Å²) in [5.74, 6) is 2.25. The van der Waals surface area contributed by atoms with Gasteiger partial charge in [-0.05, 0) is 6.92 Å². The van der Waals surface area contributed by atoms with Crippen molar-refractivity contribution >= 4 is 0 Å². The van der Waals surface area contributed by atoms with Crippen molar-refractivity contribution in [2.24, 2.45) is 5.73 Å². The van der Waals surface area contributed by atoms with Crippen LogP contribution in [0.2, 0.25) is 0 Å². The van der Waals surface area contributed by atoms with E-state index in [0.717, 1.165) is 0 Å². The highest BCUT2D eigenvalue weighted by molar-refractivity contribution is 5.50. The normalized spacial score (nSPS) is 10.9. The monoisotopic (exact) mass is 208 g/mol. The van der Waals surface area contributed by atoms with Gasteiger partial charge in [-0.1, -0.05) is 5.16 Å². The number of hydrogen-bond donors (Lipinski definition) is 1. The van der Waals surface area contributed by atoms with Gasteiger partial charge in [0.1, 0.15) is 5.76 Å². The molecule has 0 radical (unpaired) electrons. The summed E-state index contributed by atoms with van der Waals surface area (Å²) in [6.07, 6.45) is 0.572. The van der Waals surface area contributed by atoms with E-state index in [1.807, 2.05) is 6.92 Å². The van der Waals surface area contributed by atoms with Crippen molar-refractivity contribution in [3.05, 3.63) is 17.5 Å². The fourth-order valence-electron chi connectivity index (χ4n) is 1.31. The molecule has 0 aliphatic carbocycles. The Kier molecular flexibility index (Phi) is 2.51. The summed E-state index contributed by atoms with van der Waals surface area (Å²) < 4.78 is 10.3. The molecule has 6 heteroatoms. The van der Waals surface area contributed by atoms with Crippen LogP contribution in [-0.4, -0.2) is 21.7 Å². The molecule has 2 aromatic heterocycles. The van der Waals surface area contributed by atoms with E-state index in [0.29, 0.717) is 42.0 Å². The molecule has 2 N–H and O–H groups in total. The molecular weight excluding hydrogens is 196 g/mol. The molecule has 0 aromatic carbocycles. The number of aryl methyl sites for hydroxylation is 2. The standard InChI is InChI=1S/C9H12N4O2/c1-5-8(11-6(2)14-5)9-12-7(3-4-10)15-13-9/h3-4,10H2,1-2H3. The van der Waals surface area contributed by atoms with Gasteiger partial charge < -0.3 is 14.7 Å². The molecule has 0 aliphatic rings. The first-order valence-corrected chi connectivity index (χ1v) is 4.67. The highest BCUT2D eigenvalue weighted by Crippen LogP contribution is 2.19. The van der Waals surface area contributed by atoms with Crippen molar-refractivity contribution in [1.29, 1.82) is 0 Å². The molecule has 0 bridgehead atoms. The lowest BCUT2D eigenvalue weighted by molar-refractivity contribution is 0.380. The first-order valence-electron chi connectivity index (χ1n) is 4.67. The van der Waals surface area contributed by atoms with Crippen LogP contribution in [0.5, 0.6) is 0 Å². The Hall–Kier alpha value is -1.69. The van der Waals surface area contributed by atoms with E-state index in [1.165, 1.54) is 0 Å². The predicted octanol–water partition coefficient (Wildman–Crippen LogP) is 0.843. The number of hydrogen-bond acceptors (Lipinski definition) is 6. The van der Waals surface area contributed by atoms with Crippen molar-refractivity contribution in [3.63, 3.8) is 0 Å². The maximum atomic E-state index is 5.38. The van der Waals surface area contributed by atoms with E-state index in [-0.39, 0.29) is 0 Å². The molecule has 0 atom stereocenters. The molecule has 0 spiro atoms. The molecule has 15 heavy (non-hydrogen) atoms. The van der Waals surface area contributed by atoms with E-state index >= 15 is 0 Å². The van der Waals surface area contributed by atoms with Crippen LogP contribution in [0.15, 0.2) is 8.94 Å². The highest BCUT2D eigenvalue weighted by Gasteiger charge is 2.15. The van der Waals surface area contributed by atoms with Crippen LogP contribution in [0.3, 0.4) is 0 Å². The quantitative estimate of drug-likeness (QED) is 0.803. The van der Waals surface area contributed by atoms with Crippen LogP contribution in [0.4, 0.5) is 0 Å². The molecule has 0 saturated carbocycles. The lowest BCUT2D eigenvalue weighted by atomic mass is 10.3. The van der Waals surface area contributed by atoms with E-state index in [2.05, 4.69) is 15.1 Å². The Morgan fingerprint density at radius 1 is 1.27 bits per heavy atom. The Balaban J connectivity index is 2.32. The minimum atomic E-state index is 0.452. The van der Waals surface area contributed by atoms with Crippen LogP contribution in [0.1, 0.15) is 17.5 Å². The first kappa shape index (κ1) is 9.85. The van der Waals surface area contributed by atoms with Crippen molar-refractivity contribution in [2.75, 3.05) is 6.54 Å². The first-order chi connectivity index (χ1) is 7.20. The zero-order valence-electron chi connectivity index (χ0n) is 8.65. The summed E-state index contributed by atoms with van der Waals surface area (Å²) in [4.78, 5) is 8.34. The van der Waals surface area contributed by atoms with Gasteiger partial charge in [-0.25, -0.2) is 4.98 Å². The zero-order chi connectivity index (χ0) is 10.8. The Bertz CT molecular complexity index is 460. The summed E-state index contributed by atoms with van der Waals surface area (Å²) >= 11 is 0. The average molecular weight is 208 g/mol. The minimum absolute atomic E-state index is 0.452. The van der Waals surface area contributed by atoms with E-state index < -0.39 is 0 Å². The van der Waals surface area contributed by atoms with Crippen LogP contribution in [-0.2, 0) is 6.42 Å². The number of nitrogens with two attached hydrogens (primary N) is 1. The Labute approximate surface area is 86.5 Å². The summed E-state index contributed by atoms with van der Waals surface area (Å²) in [7, 11) is 0. The van der Waals surface area contributed by atoms with Crippen LogP contribution >= 0.6 is 0 Å². The molecule has 2 heterocycles. The molecule has 2 rings (SSSR count). The fourth-order valence-corrected chi connectivity index (χ4v) is 1.31. The maximum Gasteiger partial charge on any atom is 0.228 e. The third-order valence-corrected chi connectivity index (χ3v) is 1.94. The van der Waals surface area contributed by atoms with Crippen LogP contribution in [0, 0.1) is 13.8 Å². The summed E-state index contributed by atoms with van der Waals surface area (Å²) in [5, 5.41) is 3.82. The van der Waals surface area contributed by atoms with Gasteiger partial charge in [0.2, 0.25) is 11.7 Å². The van der Waals surface area contributed by atoms with Gasteiger partial charge in [-0.15, -0.1) is 0 Å². The van der Waals surface area contributed by atoms with Crippen molar-refractivity contribution in [1.82, 2.24) is 15.1 Å². The average Bonchev–Trinajstić information content (AvgIpc) is 2.73. The summed E-state index contributed by atoms with van der Waals surface area (Å²) in [5.41, 5.74) is 6.01. The lowest BCUT2D eigenvalue weighted by Crippen LogP contribution is -2.02. The van der Waals surface area contributed by atoms with Crippen molar-refractivity contribution in [3.8, 4) is 11.5 Å². The molecule has 80 valence electrons. The predicted molar refractivity (Wildman–Crippen MR) is 52.0 cm³/mol. The number of rotatable bonds is 3. The zero-order valence-corrected chi connectivity index (χ0v) is 8.65. The summed E-state index contributed by atoms with van der Waals surface area (Å²) in [6.45, 7) is 4.07.